The van der Waals surface area contributed by atoms with E-state index in [-0.39, 0.29) is 35.6 Å². The molecule has 0 aliphatic carbocycles. The van der Waals surface area contributed by atoms with E-state index < -0.39 is 26.6 Å². The highest BCUT2D eigenvalue weighted by molar-refractivity contribution is 9.10. The van der Waals surface area contributed by atoms with Crippen LogP contribution >= 0.6 is 26.2 Å². The van der Waals surface area contributed by atoms with Crippen molar-refractivity contribution in [1.82, 2.24) is 5.32 Å². The number of amides is 1. The Labute approximate surface area is 176 Å². The van der Waals surface area contributed by atoms with Gasteiger partial charge in [-0.05, 0) is 49.4 Å². The maximum Gasteiger partial charge on any atom is 0.310 e. The Bertz CT molecular complexity index is 1080. The number of nitriles is 2. The third kappa shape index (κ3) is 6.08. The molecule has 0 saturated carbocycles. The van der Waals surface area contributed by atoms with Crippen LogP contribution in [-0.4, -0.2) is 18.1 Å². The van der Waals surface area contributed by atoms with Gasteiger partial charge in [-0.25, -0.2) is 0 Å². The summed E-state index contributed by atoms with van der Waals surface area (Å²) in [5.41, 5.74) is -1.67. The molecular weight excluding hydrogens is 497 g/mol. The zero-order chi connectivity index (χ0) is 22.9. The van der Waals surface area contributed by atoms with E-state index in [0.29, 0.717) is 16.6 Å². The highest BCUT2D eigenvalue weighted by Crippen LogP contribution is 3.02. The van der Waals surface area contributed by atoms with Crippen LogP contribution in [0.15, 0.2) is 51.8 Å². The van der Waals surface area contributed by atoms with Gasteiger partial charge in [-0.15, -0.1) is 0 Å². The summed E-state index contributed by atoms with van der Waals surface area (Å²) < 4.78 is 69.8. The summed E-state index contributed by atoms with van der Waals surface area (Å²) in [6.45, 7) is 0.942. The molecule has 160 valence electrons. The first-order valence-electron chi connectivity index (χ1n) is 7.97. The number of rotatable bonds is 6. The van der Waals surface area contributed by atoms with Crippen molar-refractivity contribution in [2.45, 2.75) is 17.4 Å². The first-order chi connectivity index (χ1) is 13.5. The molecule has 0 radical (unpaired) electrons. The summed E-state index contributed by atoms with van der Waals surface area (Å²) in [4.78, 5) is 10.2. The Morgan fingerprint density at radius 2 is 1.73 bits per heavy atom. The summed E-state index contributed by atoms with van der Waals surface area (Å²) in [6, 6.07) is 9.61. The Morgan fingerprint density at radius 3 is 2.23 bits per heavy atom. The third-order valence-electron chi connectivity index (χ3n) is 3.73. The van der Waals surface area contributed by atoms with Gasteiger partial charge in [0.2, 0.25) is 0 Å². The van der Waals surface area contributed by atoms with Crippen LogP contribution < -0.4 is 10.1 Å². The second-order valence-electron chi connectivity index (χ2n) is 6.47. The van der Waals surface area contributed by atoms with Crippen molar-refractivity contribution < 1.29 is 29.0 Å². The maximum atomic E-state index is 12.8. The zero-order valence-corrected chi connectivity index (χ0v) is 17.5. The maximum absolute atomic E-state index is 12.8. The third-order valence-corrected chi connectivity index (χ3v) is 5.35. The lowest BCUT2D eigenvalue weighted by Gasteiger charge is -2.40. The molecular formula is C18H13BrF5N3O2S. The molecule has 0 fully saturated rings. The van der Waals surface area contributed by atoms with Crippen LogP contribution in [0.1, 0.15) is 22.8 Å². The van der Waals surface area contributed by atoms with Crippen molar-refractivity contribution in [3.63, 3.8) is 0 Å². The Balaban J connectivity index is 2.15. The molecule has 2 rings (SSSR count). The van der Waals surface area contributed by atoms with Crippen LogP contribution in [0.4, 0.5) is 19.4 Å². The van der Waals surface area contributed by atoms with E-state index in [4.69, 9.17) is 10.00 Å². The van der Waals surface area contributed by atoms with E-state index in [1.165, 1.54) is 25.1 Å². The number of nitrogens with zero attached hydrogens (tertiary/aromatic N) is 2. The van der Waals surface area contributed by atoms with Gasteiger partial charge >= 0.3 is 10.2 Å². The Morgan fingerprint density at radius 1 is 1.13 bits per heavy atom. The van der Waals surface area contributed by atoms with Gasteiger partial charge in [0.15, 0.2) is 5.54 Å². The minimum Gasteiger partial charge on any atom is -0.490 e. The number of carbonyl (C=O) groups is 1. The number of halogens is 6. The van der Waals surface area contributed by atoms with Gasteiger partial charge < -0.3 is 10.1 Å². The zero-order valence-electron chi connectivity index (χ0n) is 15.1. The second kappa shape index (κ2) is 7.15. The van der Waals surface area contributed by atoms with Crippen molar-refractivity contribution >= 4 is 32.1 Å². The standard InChI is InChI=1S/C18H13BrF5N3O2S/c1-18(10-26,11-29-15-7-12(9-25)6-14(19)8-15)27-17(28)13-2-4-16(5-3-13)30(20,21,22,23)24/h2-8H,11H2,1H3,(H,27,28). The number of carbonyl (C=O) groups excluding carboxylic acids is 1. The highest BCUT2D eigenvalue weighted by Gasteiger charge is 2.65. The van der Waals surface area contributed by atoms with Gasteiger partial charge in [0.05, 0.1) is 17.7 Å². The smallest absolute Gasteiger partial charge is 0.310 e. The molecule has 0 aromatic heterocycles. The minimum atomic E-state index is -9.85. The predicted molar refractivity (Wildman–Crippen MR) is 104 cm³/mol. The van der Waals surface area contributed by atoms with Crippen LogP contribution in [0.3, 0.4) is 0 Å². The molecule has 2 aromatic rings. The molecule has 30 heavy (non-hydrogen) atoms. The molecule has 1 atom stereocenters. The first kappa shape index (κ1) is 23.4. The van der Waals surface area contributed by atoms with Crippen LogP contribution in [-0.2, 0) is 0 Å². The number of hydrogen-bond donors (Lipinski definition) is 1. The van der Waals surface area contributed by atoms with Crippen molar-refractivity contribution in [3.8, 4) is 17.9 Å². The quantitative estimate of drug-likeness (QED) is 0.478. The molecule has 1 unspecified atom stereocenters. The lowest BCUT2D eigenvalue weighted by atomic mass is 10.1. The van der Waals surface area contributed by atoms with Gasteiger partial charge in [-0.3, -0.25) is 4.79 Å². The lowest BCUT2D eigenvalue weighted by Crippen LogP contribution is -2.49. The molecule has 0 aliphatic heterocycles. The number of nitrogens with one attached hydrogen (secondary N) is 1. The van der Waals surface area contributed by atoms with Crippen molar-refractivity contribution in [2.75, 3.05) is 6.61 Å². The van der Waals surface area contributed by atoms with E-state index in [1.54, 1.807) is 0 Å². The van der Waals surface area contributed by atoms with Crippen LogP contribution in [0.5, 0.6) is 5.75 Å². The average Bonchev–Trinajstić information content (AvgIpc) is 2.64. The normalized spacial score (nSPS) is 15.5. The van der Waals surface area contributed by atoms with Gasteiger partial charge in [0.25, 0.3) is 5.91 Å². The summed E-state index contributed by atoms with van der Waals surface area (Å²) in [5, 5.41) is 20.6. The average molecular weight is 510 g/mol. The van der Waals surface area contributed by atoms with E-state index in [0.717, 1.165) is 0 Å². The van der Waals surface area contributed by atoms with Crippen LogP contribution in [0.2, 0.25) is 0 Å². The summed E-state index contributed by atoms with van der Waals surface area (Å²) in [6.07, 6.45) is 0. The second-order valence-corrected chi connectivity index (χ2v) is 9.79. The monoisotopic (exact) mass is 509 g/mol. The fraction of sp³-hybridized carbons (Fsp3) is 0.167. The molecule has 0 bridgehead atoms. The summed E-state index contributed by atoms with van der Waals surface area (Å²) in [5.74, 6) is -0.722. The van der Waals surface area contributed by atoms with Crippen molar-refractivity contribution in [3.05, 3.63) is 58.1 Å². The fourth-order valence-electron chi connectivity index (χ4n) is 2.22. The van der Waals surface area contributed by atoms with Gasteiger partial charge in [0.1, 0.15) is 17.3 Å². The fourth-order valence-corrected chi connectivity index (χ4v) is 3.34. The first-order valence-corrected chi connectivity index (χ1v) is 10.7. The molecule has 12 heteroatoms. The van der Waals surface area contributed by atoms with Crippen LogP contribution in [0, 0.1) is 22.7 Å². The highest BCUT2D eigenvalue weighted by atomic mass is 79.9. The summed E-state index contributed by atoms with van der Waals surface area (Å²) in [7, 11) is -9.85. The predicted octanol–water partition coefficient (Wildman–Crippen LogP) is 6.07. The molecule has 5 nitrogen and oxygen atoms in total. The molecule has 0 heterocycles. The Kier molecular flexibility index (Phi) is 5.58. The molecule has 2 aromatic carbocycles. The number of benzene rings is 2. The van der Waals surface area contributed by atoms with E-state index in [1.807, 2.05) is 12.1 Å². The van der Waals surface area contributed by atoms with Crippen molar-refractivity contribution in [1.29, 1.82) is 10.5 Å². The largest absolute Gasteiger partial charge is 0.490 e. The SMILES string of the molecule is CC(C#N)(COc1cc(Br)cc(C#N)c1)NC(=O)c1ccc(S(F)(F)(F)(F)F)cc1. The molecule has 0 spiro atoms. The molecule has 1 amide bonds. The van der Waals surface area contributed by atoms with Gasteiger partial charge in [-0.2, -0.15) is 10.5 Å². The molecule has 0 saturated heterocycles. The van der Waals surface area contributed by atoms with E-state index in [2.05, 4.69) is 21.2 Å². The Hall–Kier alpha value is -2.83. The number of hydrogen-bond acceptors (Lipinski definition) is 4. The molecule has 0 aliphatic rings. The van der Waals surface area contributed by atoms with E-state index >= 15 is 0 Å². The molecule has 1 N–H and O–H groups in total. The van der Waals surface area contributed by atoms with E-state index in [9.17, 15) is 29.5 Å². The van der Waals surface area contributed by atoms with Gasteiger partial charge in [-0.1, -0.05) is 35.4 Å². The van der Waals surface area contributed by atoms with Crippen LogP contribution in [0.25, 0.3) is 0 Å². The van der Waals surface area contributed by atoms with Gasteiger partial charge in [0, 0.05) is 10.0 Å². The van der Waals surface area contributed by atoms with Crippen molar-refractivity contribution in [2.24, 2.45) is 0 Å². The topological polar surface area (TPSA) is 85.9 Å². The number of ether oxygens (including phenoxy) is 1. The lowest BCUT2D eigenvalue weighted by molar-refractivity contribution is 0.0901. The summed E-state index contributed by atoms with van der Waals surface area (Å²) >= 11 is 3.19. The minimum absolute atomic E-state index is 0.113.